The minimum atomic E-state index is -3.33. The van der Waals surface area contributed by atoms with E-state index in [0.29, 0.717) is 5.02 Å². The minimum Gasteiger partial charge on any atom is -0.385 e. The molecule has 0 radical (unpaired) electrons. The number of sulfone groups is 1. The van der Waals surface area contributed by atoms with E-state index in [1.54, 1.807) is 31.8 Å². The molecule has 0 saturated heterocycles. The van der Waals surface area contributed by atoms with Crippen LogP contribution in [-0.4, -0.2) is 32.5 Å². The summed E-state index contributed by atoms with van der Waals surface area (Å²) in [5.41, 5.74) is 5.52. The summed E-state index contributed by atoms with van der Waals surface area (Å²) in [6.07, 6.45) is 5.85. The Balaban J connectivity index is 1.68. The average molecular weight is 525 g/mol. The average Bonchev–Trinajstić information content (AvgIpc) is 2.84. The summed E-state index contributed by atoms with van der Waals surface area (Å²) in [4.78, 5) is 5.84. The van der Waals surface area contributed by atoms with Crippen molar-refractivity contribution in [1.82, 2.24) is 4.98 Å². The summed E-state index contributed by atoms with van der Waals surface area (Å²) in [7, 11) is -3.33. The largest absolute Gasteiger partial charge is 0.385 e. The van der Waals surface area contributed by atoms with Crippen molar-refractivity contribution >= 4 is 49.8 Å². The maximum absolute atomic E-state index is 12.6. The summed E-state index contributed by atoms with van der Waals surface area (Å²) in [6.45, 7) is 4.23. The SMILES string of the molecule is CSc1ccc(NCCc2cc(-c3cc(C(C)(C)S(C)(=O)=O)cc4cccnc34)ccc2Cl)cc1. The third-order valence-corrected chi connectivity index (χ3v) is 9.70. The Labute approximate surface area is 217 Å². The molecule has 7 heteroatoms. The zero-order chi connectivity index (χ0) is 25.2. The molecule has 0 spiro atoms. The van der Waals surface area contributed by atoms with Gasteiger partial charge in [-0.2, -0.15) is 0 Å². The number of aromatic nitrogens is 1. The Morgan fingerprint density at radius 1 is 1.03 bits per heavy atom. The summed E-state index contributed by atoms with van der Waals surface area (Å²) in [6, 6.07) is 22.0. The van der Waals surface area contributed by atoms with E-state index < -0.39 is 14.6 Å². The molecular weight excluding hydrogens is 496 g/mol. The Morgan fingerprint density at radius 3 is 2.46 bits per heavy atom. The van der Waals surface area contributed by atoms with Gasteiger partial charge in [-0.3, -0.25) is 4.98 Å². The van der Waals surface area contributed by atoms with Gasteiger partial charge in [0.2, 0.25) is 0 Å². The van der Waals surface area contributed by atoms with Crippen LogP contribution in [0.25, 0.3) is 22.0 Å². The molecule has 0 fully saturated rings. The number of anilines is 1. The smallest absolute Gasteiger partial charge is 0.156 e. The molecule has 0 bridgehead atoms. The molecule has 1 N–H and O–H groups in total. The lowest BCUT2D eigenvalue weighted by atomic mass is 9.92. The summed E-state index contributed by atoms with van der Waals surface area (Å²) < 4.78 is 24.1. The van der Waals surface area contributed by atoms with Crippen LogP contribution in [0.15, 0.2) is 77.8 Å². The first-order chi connectivity index (χ1) is 16.6. The molecule has 35 heavy (non-hydrogen) atoms. The molecule has 0 unspecified atom stereocenters. The molecule has 1 aromatic heterocycles. The number of hydrogen-bond acceptors (Lipinski definition) is 5. The van der Waals surface area contributed by atoms with Crippen LogP contribution < -0.4 is 5.32 Å². The Bertz CT molecular complexity index is 1470. The van der Waals surface area contributed by atoms with Crippen molar-refractivity contribution in [2.45, 2.75) is 29.9 Å². The van der Waals surface area contributed by atoms with E-state index in [1.165, 1.54) is 11.2 Å². The quantitative estimate of drug-likeness (QED) is 0.247. The standard InChI is InChI=1S/C28H29ClN2O2S2/c1-28(2,35(4,32)33)22-17-21-6-5-14-31-27(21)25(18-22)19-7-12-26(29)20(16-19)13-15-30-23-8-10-24(34-3)11-9-23/h5-12,14,16-18,30H,13,15H2,1-4H3. The molecular formula is C28H29ClN2O2S2. The van der Waals surface area contributed by atoms with E-state index in [9.17, 15) is 8.42 Å². The molecule has 3 aromatic carbocycles. The van der Waals surface area contributed by atoms with Gasteiger partial charge in [0.1, 0.15) is 0 Å². The van der Waals surface area contributed by atoms with Crippen LogP contribution in [0, 0.1) is 0 Å². The van der Waals surface area contributed by atoms with Gasteiger partial charge >= 0.3 is 0 Å². The fourth-order valence-electron chi connectivity index (χ4n) is 3.96. The highest BCUT2D eigenvalue weighted by Crippen LogP contribution is 2.37. The number of benzene rings is 3. The Morgan fingerprint density at radius 2 is 1.77 bits per heavy atom. The molecule has 0 saturated carbocycles. The lowest BCUT2D eigenvalue weighted by Crippen LogP contribution is -2.28. The first-order valence-corrected chi connectivity index (χ1v) is 14.8. The van der Waals surface area contributed by atoms with E-state index in [1.807, 2.05) is 36.4 Å². The van der Waals surface area contributed by atoms with Crippen LogP contribution in [0.1, 0.15) is 25.0 Å². The molecule has 0 atom stereocenters. The predicted octanol–water partition coefficient (Wildman–Crippen LogP) is 7.21. The van der Waals surface area contributed by atoms with Gasteiger partial charge in [-0.1, -0.05) is 23.7 Å². The number of fused-ring (bicyclic) bond motifs is 1. The summed E-state index contributed by atoms with van der Waals surface area (Å²) in [5, 5.41) is 5.07. The van der Waals surface area contributed by atoms with Crippen LogP contribution in [0.2, 0.25) is 5.02 Å². The molecule has 4 aromatic rings. The second kappa shape index (κ2) is 10.2. The number of nitrogens with zero attached hydrogens (tertiary/aromatic N) is 1. The van der Waals surface area contributed by atoms with Crippen molar-refractivity contribution in [1.29, 1.82) is 0 Å². The molecule has 4 nitrogen and oxygen atoms in total. The molecule has 0 amide bonds. The van der Waals surface area contributed by atoms with E-state index >= 15 is 0 Å². The van der Waals surface area contributed by atoms with Gasteiger partial charge < -0.3 is 5.32 Å². The van der Waals surface area contributed by atoms with E-state index in [-0.39, 0.29) is 0 Å². The highest BCUT2D eigenvalue weighted by atomic mass is 35.5. The van der Waals surface area contributed by atoms with Crippen molar-refractivity contribution in [3.63, 3.8) is 0 Å². The van der Waals surface area contributed by atoms with Crippen molar-refractivity contribution in [2.24, 2.45) is 0 Å². The van der Waals surface area contributed by atoms with Crippen molar-refractivity contribution in [3.05, 3.63) is 89.1 Å². The first kappa shape index (κ1) is 25.5. The third kappa shape index (κ3) is 5.50. The predicted molar refractivity (Wildman–Crippen MR) is 150 cm³/mol. The molecule has 0 aliphatic rings. The van der Waals surface area contributed by atoms with Gasteiger partial charge in [-0.05, 0) is 97.8 Å². The number of hydrogen-bond donors (Lipinski definition) is 1. The minimum absolute atomic E-state index is 0.707. The number of halogens is 1. The normalized spacial score (nSPS) is 12.1. The fraction of sp³-hybridized carbons (Fsp3) is 0.250. The second-order valence-electron chi connectivity index (χ2n) is 9.09. The first-order valence-electron chi connectivity index (χ1n) is 11.4. The molecule has 0 aliphatic carbocycles. The molecule has 4 rings (SSSR count). The van der Waals surface area contributed by atoms with Crippen LogP contribution in [0.5, 0.6) is 0 Å². The molecule has 0 aliphatic heterocycles. The summed E-state index contributed by atoms with van der Waals surface area (Å²) >= 11 is 8.28. The van der Waals surface area contributed by atoms with E-state index in [0.717, 1.165) is 51.8 Å². The van der Waals surface area contributed by atoms with Gasteiger partial charge in [0.05, 0.1) is 10.3 Å². The molecule has 182 valence electrons. The lowest BCUT2D eigenvalue weighted by molar-refractivity contribution is 0.561. The van der Waals surface area contributed by atoms with Gasteiger partial charge in [-0.25, -0.2) is 8.42 Å². The lowest BCUT2D eigenvalue weighted by Gasteiger charge is -2.24. The van der Waals surface area contributed by atoms with E-state index in [4.69, 9.17) is 11.6 Å². The molecule has 1 heterocycles. The highest BCUT2D eigenvalue weighted by molar-refractivity contribution is 7.98. The van der Waals surface area contributed by atoms with E-state index in [2.05, 4.69) is 46.9 Å². The van der Waals surface area contributed by atoms with Crippen molar-refractivity contribution in [3.8, 4) is 11.1 Å². The van der Waals surface area contributed by atoms with Gasteiger partial charge in [-0.15, -0.1) is 11.8 Å². The van der Waals surface area contributed by atoms with Crippen molar-refractivity contribution in [2.75, 3.05) is 24.4 Å². The van der Waals surface area contributed by atoms with Crippen LogP contribution in [-0.2, 0) is 21.0 Å². The van der Waals surface area contributed by atoms with Crippen LogP contribution in [0.3, 0.4) is 0 Å². The number of thioether (sulfide) groups is 1. The number of pyridine rings is 1. The van der Waals surface area contributed by atoms with Gasteiger partial charge in [0.25, 0.3) is 0 Å². The van der Waals surface area contributed by atoms with Gasteiger partial charge in [0, 0.05) is 45.6 Å². The van der Waals surface area contributed by atoms with Crippen LogP contribution >= 0.6 is 23.4 Å². The van der Waals surface area contributed by atoms with Crippen molar-refractivity contribution < 1.29 is 8.42 Å². The zero-order valence-electron chi connectivity index (χ0n) is 20.3. The maximum Gasteiger partial charge on any atom is 0.156 e. The Hall–Kier alpha value is -2.54. The second-order valence-corrected chi connectivity index (χ2v) is 12.9. The van der Waals surface area contributed by atoms with Gasteiger partial charge in [0.15, 0.2) is 9.84 Å². The third-order valence-electron chi connectivity index (χ3n) is 6.50. The maximum atomic E-state index is 12.6. The summed E-state index contributed by atoms with van der Waals surface area (Å²) in [5.74, 6) is 0. The fourth-order valence-corrected chi connectivity index (χ4v) is 5.12. The monoisotopic (exact) mass is 524 g/mol. The van der Waals surface area contributed by atoms with Crippen LogP contribution in [0.4, 0.5) is 5.69 Å². The number of rotatable bonds is 8. The topological polar surface area (TPSA) is 59.1 Å². The zero-order valence-corrected chi connectivity index (χ0v) is 22.7. The highest BCUT2D eigenvalue weighted by Gasteiger charge is 2.33. The number of nitrogens with one attached hydrogen (secondary N) is 1. The Kier molecular flexibility index (Phi) is 7.46.